The zero-order valence-corrected chi connectivity index (χ0v) is 28.6. The monoisotopic (exact) mass is 668 g/mol. The zero-order valence-electron chi connectivity index (χ0n) is 27.0. The molecule has 232 valence electrons. The van der Waals surface area contributed by atoms with E-state index in [1.54, 1.807) is 0 Å². The van der Waals surface area contributed by atoms with E-state index in [2.05, 4.69) is 170 Å². The third-order valence-electron chi connectivity index (χ3n) is 10.4. The molecule has 0 aliphatic heterocycles. The topological polar surface area (TPSA) is 0 Å². The summed E-state index contributed by atoms with van der Waals surface area (Å²) < 4.78 is 5.38. The van der Waals surface area contributed by atoms with Crippen molar-refractivity contribution in [1.82, 2.24) is 0 Å². The van der Waals surface area contributed by atoms with E-state index in [0.717, 1.165) is 0 Å². The van der Waals surface area contributed by atoms with Gasteiger partial charge in [0.25, 0.3) is 0 Å². The maximum absolute atomic E-state index is 2.42. The van der Waals surface area contributed by atoms with E-state index in [-0.39, 0.29) is 0 Å². The molecule has 0 aliphatic carbocycles. The van der Waals surface area contributed by atoms with Crippen molar-refractivity contribution in [3.63, 3.8) is 0 Å². The average Bonchev–Trinajstić information content (AvgIpc) is 3.72. The average molecular weight is 669 g/mol. The first kappa shape index (κ1) is 28.1. The van der Waals surface area contributed by atoms with E-state index in [4.69, 9.17) is 0 Å². The molecule has 0 saturated carbocycles. The fourth-order valence-corrected chi connectivity index (χ4v) is 10.4. The SMILES string of the molecule is c1ccc(-c2c3ccccc3c(-c3cccc(-c4ccc5sc6cc7cc8sc9ccccc9c8cc7cc6c5c4)c3)c3ccccc23)cc1. The van der Waals surface area contributed by atoms with Gasteiger partial charge in [-0.2, -0.15) is 0 Å². The van der Waals surface area contributed by atoms with Crippen LogP contribution in [-0.2, 0) is 0 Å². The van der Waals surface area contributed by atoms with Crippen molar-refractivity contribution in [1.29, 1.82) is 0 Å². The molecule has 0 bridgehead atoms. The molecule has 11 rings (SSSR count). The molecule has 0 aliphatic rings. The Hall–Kier alpha value is -5.80. The van der Waals surface area contributed by atoms with Gasteiger partial charge in [-0.25, -0.2) is 0 Å². The second-order valence-corrected chi connectivity index (χ2v) is 15.4. The molecule has 2 heterocycles. The first-order valence-electron chi connectivity index (χ1n) is 17.1. The van der Waals surface area contributed by atoms with Crippen LogP contribution in [0.3, 0.4) is 0 Å². The maximum Gasteiger partial charge on any atom is 0.0361 e. The van der Waals surface area contributed by atoms with Gasteiger partial charge >= 0.3 is 0 Å². The van der Waals surface area contributed by atoms with Crippen molar-refractivity contribution in [2.75, 3.05) is 0 Å². The summed E-state index contributed by atoms with van der Waals surface area (Å²) in [7, 11) is 0. The van der Waals surface area contributed by atoms with Gasteiger partial charge in [-0.05, 0) is 114 Å². The van der Waals surface area contributed by atoms with E-state index in [9.17, 15) is 0 Å². The third-order valence-corrected chi connectivity index (χ3v) is 12.7. The lowest BCUT2D eigenvalue weighted by Gasteiger charge is -2.18. The summed E-state index contributed by atoms with van der Waals surface area (Å²) in [5, 5.41) is 13.1. The molecule has 0 spiro atoms. The van der Waals surface area contributed by atoms with Crippen LogP contribution in [0.2, 0.25) is 0 Å². The van der Waals surface area contributed by atoms with Gasteiger partial charge < -0.3 is 0 Å². The summed E-state index contributed by atoms with van der Waals surface area (Å²) in [5.74, 6) is 0. The van der Waals surface area contributed by atoms with Gasteiger partial charge in [-0.3, -0.25) is 0 Å². The number of benzene rings is 9. The molecule has 2 aromatic heterocycles. The maximum atomic E-state index is 2.42. The van der Waals surface area contributed by atoms with Gasteiger partial charge in [-0.15, -0.1) is 22.7 Å². The molecule has 0 fully saturated rings. The van der Waals surface area contributed by atoms with Crippen molar-refractivity contribution in [2.45, 2.75) is 0 Å². The highest BCUT2D eigenvalue weighted by Gasteiger charge is 2.17. The van der Waals surface area contributed by atoms with Crippen molar-refractivity contribution < 1.29 is 0 Å². The smallest absolute Gasteiger partial charge is 0.0361 e. The van der Waals surface area contributed by atoms with Crippen molar-refractivity contribution in [3.05, 3.63) is 170 Å². The van der Waals surface area contributed by atoms with Crippen LogP contribution in [0.4, 0.5) is 0 Å². The van der Waals surface area contributed by atoms with Gasteiger partial charge in [0.05, 0.1) is 0 Å². The van der Waals surface area contributed by atoms with Gasteiger partial charge in [0.1, 0.15) is 0 Å². The Labute approximate surface area is 297 Å². The molecular formula is C48H28S2. The minimum absolute atomic E-state index is 1.23. The molecule has 11 aromatic rings. The molecule has 0 radical (unpaired) electrons. The second kappa shape index (κ2) is 10.9. The molecule has 50 heavy (non-hydrogen) atoms. The molecular weight excluding hydrogens is 641 g/mol. The van der Waals surface area contributed by atoms with Crippen LogP contribution in [0.25, 0.3) is 106 Å². The van der Waals surface area contributed by atoms with Crippen LogP contribution in [0.15, 0.2) is 170 Å². The standard InChI is InChI=1S/C48H28S2/c1-2-11-29(12-3-1)47-36-16-4-6-18-38(36)48(39-19-7-5-17-37(39)47)32-14-10-13-30(23-32)31-21-22-44-41(24-31)42-26-33-25-40-35-15-8-9-20-43(35)49-45(40)27-34(33)28-46(42)50-44/h1-28H. The number of thiophene rings is 2. The van der Waals surface area contributed by atoms with Gasteiger partial charge in [-0.1, -0.05) is 121 Å². The Morgan fingerprint density at radius 3 is 1.38 bits per heavy atom. The van der Waals surface area contributed by atoms with Crippen LogP contribution in [-0.4, -0.2) is 0 Å². The highest BCUT2D eigenvalue weighted by molar-refractivity contribution is 7.26. The van der Waals surface area contributed by atoms with Crippen LogP contribution in [0, 0.1) is 0 Å². The second-order valence-electron chi connectivity index (χ2n) is 13.2. The van der Waals surface area contributed by atoms with Crippen LogP contribution in [0.5, 0.6) is 0 Å². The van der Waals surface area contributed by atoms with Crippen molar-refractivity contribution in [2.24, 2.45) is 0 Å². The minimum Gasteiger partial charge on any atom is -0.135 e. The highest BCUT2D eigenvalue weighted by Crippen LogP contribution is 2.45. The Morgan fingerprint density at radius 1 is 0.240 bits per heavy atom. The Bertz CT molecular complexity index is 3080. The fourth-order valence-electron chi connectivity index (χ4n) is 8.13. The first-order valence-corrected chi connectivity index (χ1v) is 18.7. The summed E-state index contributed by atoms with van der Waals surface area (Å²) in [6.45, 7) is 0. The third kappa shape index (κ3) is 4.23. The van der Waals surface area contributed by atoms with E-state index >= 15 is 0 Å². The summed E-state index contributed by atoms with van der Waals surface area (Å²) in [4.78, 5) is 0. The summed E-state index contributed by atoms with van der Waals surface area (Å²) in [6, 6.07) is 63.2. The van der Waals surface area contributed by atoms with Crippen LogP contribution >= 0.6 is 22.7 Å². The van der Waals surface area contributed by atoms with Crippen molar-refractivity contribution in [3.8, 4) is 33.4 Å². The predicted octanol–water partition coefficient (Wildman–Crippen LogP) is 14.9. The molecule has 0 amide bonds. The van der Waals surface area contributed by atoms with Gasteiger partial charge in [0, 0.05) is 40.3 Å². The lowest BCUT2D eigenvalue weighted by molar-refractivity contribution is 1.63. The van der Waals surface area contributed by atoms with Crippen molar-refractivity contribution >= 4 is 95.3 Å². The van der Waals surface area contributed by atoms with E-state index in [1.165, 1.54) is 106 Å². The zero-order chi connectivity index (χ0) is 32.8. The minimum atomic E-state index is 1.23. The predicted molar refractivity (Wildman–Crippen MR) is 221 cm³/mol. The summed E-state index contributed by atoms with van der Waals surface area (Å²) >= 11 is 3.79. The molecule has 0 nitrogen and oxygen atoms in total. The quantitative estimate of drug-likeness (QED) is 0.164. The Balaban J connectivity index is 1.09. The van der Waals surface area contributed by atoms with Gasteiger partial charge in [0.15, 0.2) is 0 Å². The number of hydrogen-bond acceptors (Lipinski definition) is 2. The van der Waals surface area contributed by atoms with E-state index < -0.39 is 0 Å². The Morgan fingerprint density at radius 2 is 0.700 bits per heavy atom. The molecule has 9 aromatic carbocycles. The largest absolute Gasteiger partial charge is 0.135 e. The van der Waals surface area contributed by atoms with E-state index in [1.807, 2.05) is 22.7 Å². The first-order chi connectivity index (χ1) is 24.8. The molecule has 2 heteroatoms. The lowest BCUT2D eigenvalue weighted by Crippen LogP contribution is -1.91. The van der Waals surface area contributed by atoms with Gasteiger partial charge in [0.2, 0.25) is 0 Å². The molecule has 0 N–H and O–H groups in total. The van der Waals surface area contributed by atoms with Crippen LogP contribution < -0.4 is 0 Å². The molecule has 0 saturated heterocycles. The molecule has 0 atom stereocenters. The number of rotatable bonds is 3. The number of hydrogen-bond donors (Lipinski definition) is 0. The fraction of sp³-hybridized carbons (Fsp3) is 0. The Kier molecular flexibility index (Phi) is 6.09. The molecule has 0 unspecified atom stereocenters. The highest BCUT2D eigenvalue weighted by atomic mass is 32.1. The normalized spacial score (nSPS) is 12.0. The summed E-state index contributed by atoms with van der Waals surface area (Å²) in [5.41, 5.74) is 7.55. The lowest BCUT2D eigenvalue weighted by atomic mass is 9.85. The van der Waals surface area contributed by atoms with E-state index in [0.29, 0.717) is 0 Å². The summed E-state index contributed by atoms with van der Waals surface area (Å²) in [6.07, 6.45) is 0. The van der Waals surface area contributed by atoms with Crippen LogP contribution in [0.1, 0.15) is 0 Å². The number of fused-ring (bicyclic) bond motifs is 9.